The van der Waals surface area contributed by atoms with Crippen molar-refractivity contribution in [3.05, 3.63) is 84.9 Å². The van der Waals surface area contributed by atoms with Gasteiger partial charge in [0.25, 0.3) is 0 Å². The molecule has 2 rings (SSSR count). The first kappa shape index (κ1) is 11.2. The summed E-state index contributed by atoms with van der Waals surface area (Å²) >= 11 is 0. The Hall–Kier alpha value is -2.28. The van der Waals surface area contributed by atoms with Crippen molar-refractivity contribution in [2.24, 2.45) is 0 Å². The second-order valence-corrected chi connectivity index (χ2v) is 3.68. The van der Waals surface area contributed by atoms with Crippen LogP contribution in [0.4, 0.5) is 0 Å². The minimum atomic E-state index is 0.611. The molecule has 0 saturated carbocycles. The van der Waals surface area contributed by atoms with Crippen LogP contribution in [0, 0.1) is 0 Å². The van der Waals surface area contributed by atoms with Gasteiger partial charge in [0.05, 0.1) is 0 Å². The fraction of sp³-hybridized carbons (Fsp3) is 0. The molecule has 0 aliphatic carbocycles. The van der Waals surface area contributed by atoms with Crippen LogP contribution in [0.25, 0.3) is 11.5 Å². The summed E-state index contributed by atoms with van der Waals surface area (Å²) in [5, 5.41) is 0. The van der Waals surface area contributed by atoms with E-state index in [-0.39, 0.29) is 0 Å². The van der Waals surface area contributed by atoms with E-state index in [0.717, 1.165) is 11.1 Å². The second kappa shape index (κ2) is 5.17. The first-order valence-corrected chi connectivity index (χ1v) is 5.44. The van der Waals surface area contributed by atoms with E-state index in [2.05, 4.69) is 13.2 Å². The molecule has 0 spiro atoms. The molecule has 0 saturated heterocycles. The lowest BCUT2D eigenvalue weighted by Crippen LogP contribution is -1.90. The van der Waals surface area contributed by atoms with Crippen LogP contribution in [-0.2, 0) is 4.74 Å². The maximum atomic E-state index is 5.63. The molecule has 0 fully saturated rings. The van der Waals surface area contributed by atoms with Gasteiger partial charge < -0.3 is 4.74 Å². The highest BCUT2D eigenvalue weighted by molar-refractivity contribution is 5.67. The molecular weight excluding hydrogens is 208 g/mol. The Bertz CT molecular complexity index is 462. The van der Waals surface area contributed by atoms with Crippen molar-refractivity contribution in [2.45, 2.75) is 0 Å². The van der Waals surface area contributed by atoms with E-state index in [1.165, 1.54) is 0 Å². The number of hydrogen-bond donors (Lipinski definition) is 0. The molecule has 2 aromatic rings. The van der Waals surface area contributed by atoms with Crippen molar-refractivity contribution in [3.8, 4) is 0 Å². The molecule has 1 heteroatoms. The van der Waals surface area contributed by atoms with E-state index in [9.17, 15) is 0 Å². The molecule has 0 amide bonds. The summed E-state index contributed by atoms with van der Waals surface area (Å²) in [7, 11) is 0. The maximum Gasteiger partial charge on any atom is 0.127 e. The molecule has 17 heavy (non-hydrogen) atoms. The number of benzene rings is 2. The van der Waals surface area contributed by atoms with Gasteiger partial charge in [-0.1, -0.05) is 73.8 Å². The topological polar surface area (TPSA) is 9.23 Å². The minimum absolute atomic E-state index is 0.611. The monoisotopic (exact) mass is 222 g/mol. The van der Waals surface area contributed by atoms with Gasteiger partial charge in [-0.2, -0.15) is 0 Å². The molecule has 0 atom stereocenters. The van der Waals surface area contributed by atoms with Crippen LogP contribution in [0.15, 0.2) is 73.8 Å². The Labute approximate surface area is 102 Å². The molecule has 0 heterocycles. The zero-order chi connectivity index (χ0) is 12.1. The van der Waals surface area contributed by atoms with E-state index < -0.39 is 0 Å². The third-order valence-electron chi connectivity index (χ3n) is 2.44. The van der Waals surface area contributed by atoms with Gasteiger partial charge in [0.15, 0.2) is 0 Å². The molecule has 0 bridgehead atoms. The SMILES string of the molecule is C=C(OC(=C)c1ccccc1)c1ccccc1. The summed E-state index contributed by atoms with van der Waals surface area (Å²) in [5.74, 6) is 1.22. The van der Waals surface area contributed by atoms with Crippen LogP contribution < -0.4 is 0 Å². The van der Waals surface area contributed by atoms with Gasteiger partial charge >= 0.3 is 0 Å². The Morgan fingerprint density at radius 2 is 1.00 bits per heavy atom. The molecule has 84 valence electrons. The smallest absolute Gasteiger partial charge is 0.127 e. The van der Waals surface area contributed by atoms with Gasteiger partial charge in [-0.25, -0.2) is 0 Å². The highest BCUT2D eigenvalue weighted by Gasteiger charge is 2.03. The van der Waals surface area contributed by atoms with E-state index in [1.54, 1.807) is 0 Å². The lowest BCUT2D eigenvalue weighted by molar-refractivity contribution is 0.474. The fourth-order valence-corrected chi connectivity index (χ4v) is 1.51. The summed E-state index contributed by atoms with van der Waals surface area (Å²) in [4.78, 5) is 0. The molecule has 0 radical (unpaired) electrons. The zero-order valence-electron chi connectivity index (χ0n) is 9.60. The lowest BCUT2D eigenvalue weighted by Gasteiger charge is -2.11. The molecule has 0 aliphatic heterocycles. The van der Waals surface area contributed by atoms with Crippen LogP contribution in [0.1, 0.15) is 11.1 Å². The molecular formula is C16H14O. The second-order valence-electron chi connectivity index (χ2n) is 3.68. The predicted molar refractivity (Wildman–Crippen MR) is 72.0 cm³/mol. The molecule has 0 N–H and O–H groups in total. The quantitative estimate of drug-likeness (QED) is 0.699. The molecule has 0 aromatic heterocycles. The average molecular weight is 222 g/mol. The Morgan fingerprint density at radius 3 is 1.35 bits per heavy atom. The fourth-order valence-electron chi connectivity index (χ4n) is 1.51. The van der Waals surface area contributed by atoms with Crippen molar-refractivity contribution in [3.63, 3.8) is 0 Å². The van der Waals surface area contributed by atoms with Crippen molar-refractivity contribution < 1.29 is 4.74 Å². The first-order valence-electron chi connectivity index (χ1n) is 5.44. The van der Waals surface area contributed by atoms with Crippen LogP contribution in [0.2, 0.25) is 0 Å². The van der Waals surface area contributed by atoms with E-state index in [4.69, 9.17) is 4.74 Å². The molecule has 2 aromatic carbocycles. The van der Waals surface area contributed by atoms with Crippen molar-refractivity contribution in [1.82, 2.24) is 0 Å². The van der Waals surface area contributed by atoms with Gasteiger partial charge in [-0.15, -0.1) is 0 Å². The van der Waals surface area contributed by atoms with Crippen LogP contribution in [0.3, 0.4) is 0 Å². The van der Waals surface area contributed by atoms with Crippen molar-refractivity contribution in [1.29, 1.82) is 0 Å². The average Bonchev–Trinajstić information content (AvgIpc) is 2.40. The third kappa shape index (κ3) is 2.85. The minimum Gasteiger partial charge on any atom is -0.457 e. The van der Waals surface area contributed by atoms with Crippen LogP contribution in [0.5, 0.6) is 0 Å². The van der Waals surface area contributed by atoms with Crippen LogP contribution in [-0.4, -0.2) is 0 Å². The highest BCUT2D eigenvalue weighted by atomic mass is 16.5. The Balaban J connectivity index is 2.08. The molecule has 0 unspecified atom stereocenters. The first-order chi connectivity index (χ1) is 8.27. The predicted octanol–water partition coefficient (Wildman–Crippen LogP) is 4.34. The normalized spacial score (nSPS) is 9.65. The van der Waals surface area contributed by atoms with Gasteiger partial charge in [-0.3, -0.25) is 0 Å². The van der Waals surface area contributed by atoms with Gasteiger partial charge in [0.2, 0.25) is 0 Å². The third-order valence-corrected chi connectivity index (χ3v) is 2.44. The zero-order valence-corrected chi connectivity index (χ0v) is 9.60. The van der Waals surface area contributed by atoms with Gasteiger partial charge in [-0.05, 0) is 0 Å². The summed E-state index contributed by atoms with van der Waals surface area (Å²) in [5.41, 5.74) is 1.93. The number of ether oxygens (including phenoxy) is 1. The Kier molecular flexibility index (Phi) is 3.41. The van der Waals surface area contributed by atoms with E-state index in [1.807, 2.05) is 60.7 Å². The van der Waals surface area contributed by atoms with Gasteiger partial charge in [0.1, 0.15) is 11.5 Å². The van der Waals surface area contributed by atoms with Crippen LogP contribution >= 0.6 is 0 Å². The summed E-state index contributed by atoms with van der Waals surface area (Å²) in [6.07, 6.45) is 0. The van der Waals surface area contributed by atoms with Gasteiger partial charge in [0, 0.05) is 11.1 Å². The largest absolute Gasteiger partial charge is 0.457 e. The molecule has 0 aliphatic rings. The van der Waals surface area contributed by atoms with E-state index >= 15 is 0 Å². The lowest BCUT2D eigenvalue weighted by atomic mass is 10.2. The summed E-state index contributed by atoms with van der Waals surface area (Å²) in [6, 6.07) is 19.6. The molecule has 1 nitrogen and oxygen atoms in total. The van der Waals surface area contributed by atoms with Crippen molar-refractivity contribution >= 4 is 11.5 Å². The standard InChI is InChI=1S/C16H14O/c1-13(15-9-5-3-6-10-15)17-14(2)16-11-7-4-8-12-16/h3-12H,1-2H2. The number of rotatable bonds is 4. The maximum absolute atomic E-state index is 5.63. The summed E-state index contributed by atoms with van der Waals surface area (Å²) < 4.78 is 5.63. The number of hydrogen-bond acceptors (Lipinski definition) is 1. The van der Waals surface area contributed by atoms with Crippen molar-refractivity contribution in [2.75, 3.05) is 0 Å². The van der Waals surface area contributed by atoms with E-state index in [0.29, 0.717) is 11.5 Å². The highest BCUT2D eigenvalue weighted by Crippen LogP contribution is 2.22. The summed E-state index contributed by atoms with van der Waals surface area (Å²) in [6.45, 7) is 7.81. The Morgan fingerprint density at radius 1 is 0.647 bits per heavy atom.